The van der Waals surface area contributed by atoms with E-state index in [0.717, 1.165) is 41.5 Å². The fourth-order valence-corrected chi connectivity index (χ4v) is 5.99. The first-order valence-corrected chi connectivity index (χ1v) is 11.9. The van der Waals surface area contributed by atoms with Crippen LogP contribution < -0.4 is 10.9 Å². The number of thioether (sulfide) groups is 1. The zero-order valence-corrected chi connectivity index (χ0v) is 18.9. The molecule has 0 radical (unpaired) electrons. The lowest BCUT2D eigenvalue weighted by Gasteiger charge is -2.12. The lowest BCUT2D eigenvalue weighted by Crippen LogP contribution is -2.24. The number of nitro benzene ring substituents is 1. The first-order chi connectivity index (χ1) is 14.9. The number of benzene rings is 1. The number of aryl methyl sites for hydroxylation is 3. The first kappa shape index (κ1) is 21.5. The lowest BCUT2D eigenvalue weighted by molar-refractivity contribution is -0.384. The standard InChI is InChI=1S/C21H22N4O4S2/c1-3-24-20(27)18-14-6-4-5-7-16(14)31-19(18)23-21(24)30-11-17(26)22-15-9-8-13(25(28)29)10-12(15)2/h8-10H,3-7,11H2,1-2H3,(H,22,26). The van der Waals surface area contributed by atoms with Gasteiger partial charge in [0.15, 0.2) is 5.16 Å². The smallest absolute Gasteiger partial charge is 0.269 e. The molecule has 8 nitrogen and oxygen atoms in total. The van der Waals surface area contributed by atoms with Crippen molar-refractivity contribution in [3.05, 3.63) is 54.7 Å². The maximum Gasteiger partial charge on any atom is 0.269 e. The molecule has 0 unspecified atom stereocenters. The third-order valence-electron chi connectivity index (χ3n) is 5.38. The van der Waals surface area contributed by atoms with Crippen molar-refractivity contribution in [3.8, 4) is 0 Å². The number of nitrogens with one attached hydrogen (secondary N) is 1. The normalized spacial score (nSPS) is 13.2. The van der Waals surface area contributed by atoms with Gasteiger partial charge in [-0.05, 0) is 56.7 Å². The highest BCUT2D eigenvalue weighted by Crippen LogP contribution is 2.34. The number of aromatic nitrogens is 2. The molecule has 10 heteroatoms. The van der Waals surface area contributed by atoms with Crippen molar-refractivity contribution in [2.75, 3.05) is 11.1 Å². The summed E-state index contributed by atoms with van der Waals surface area (Å²) in [7, 11) is 0. The van der Waals surface area contributed by atoms with Crippen molar-refractivity contribution in [1.82, 2.24) is 9.55 Å². The van der Waals surface area contributed by atoms with E-state index in [1.54, 1.807) is 22.8 Å². The number of amides is 1. The summed E-state index contributed by atoms with van der Waals surface area (Å²) in [6.07, 6.45) is 4.18. The van der Waals surface area contributed by atoms with E-state index < -0.39 is 4.92 Å². The molecule has 0 saturated heterocycles. The van der Waals surface area contributed by atoms with E-state index in [4.69, 9.17) is 4.98 Å². The van der Waals surface area contributed by atoms with Gasteiger partial charge in [0, 0.05) is 29.2 Å². The molecule has 31 heavy (non-hydrogen) atoms. The molecule has 2 heterocycles. The number of nitro groups is 1. The average Bonchev–Trinajstić information content (AvgIpc) is 3.12. The van der Waals surface area contributed by atoms with Crippen LogP contribution in [-0.2, 0) is 24.2 Å². The minimum absolute atomic E-state index is 0.0204. The maximum atomic E-state index is 13.1. The van der Waals surface area contributed by atoms with Gasteiger partial charge in [-0.1, -0.05) is 11.8 Å². The molecule has 0 spiro atoms. The third-order valence-corrected chi connectivity index (χ3v) is 7.55. The van der Waals surface area contributed by atoms with Gasteiger partial charge >= 0.3 is 0 Å². The van der Waals surface area contributed by atoms with Gasteiger partial charge in [0.1, 0.15) is 4.83 Å². The number of hydrogen-bond donors (Lipinski definition) is 1. The van der Waals surface area contributed by atoms with E-state index in [1.165, 1.54) is 34.8 Å². The summed E-state index contributed by atoms with van der Waals surface area (Å²) >= 11 is 2.82. The second-order valence-corrected chi connectivity index (χ2v) is 9.45. The fourth-order valence-electron chi connectivity index (χ4n) is 3.83. The van der Waals surface area contributed by atoms with Gasteiger partial charge in [0.25, 0.3) is 11.2 Å². The molecule has 1 N–H and O–H groups in total. The number of anilines is 1. The number of nitrogens with zero attached hydrogens (tertiary/aromatic N) is 3. The average molecular weight is 459 g/mol. The number of carbonyl (C=O) groups excluding carboxylic acids is 1. The highest BCUT2D eigenvalue weighted by molar-refractivity contribution is 7.99. The van der Waals surface area contributed by atoms with Crippen LogP contribution in [-0.4, -0.2) is 26.1 Å². The molecule has 0 fully saturated rings. The minimum atomic E-state index is -0.470. The summed E-state index contributed by atoms with van der Waals surface area (Å²) in [6, 6.07) is 4.31. The second kappa shape index (κ2) is 8.80. The number of non-ortho nitro benzene ring substituents is 1. The number of carbonyl (C=O) groups is 1. The predicted octanol–water partition coefficient (Wildman–Crippen LogP) is 4.30. The van der Waals surface area contributed by atoms with Crippen molar-refractivity contribution in [1.29, 1.82) is 0 Å². The van der Waals surface area contributed by atoms with E-state index in [9.17, 15) is 19.7 Å². The molecule has 4 rings (SSSR count). The van der Waals surface area contributed by atoms with Crippen LogP contribution in [0.4, 0.5) is 11.4 Å². The molecule has 2 aromatic heterocycles. The topological polar surface area (TPSA) is 107 Å². The summed E-state index contributed by atoms with van der Waals surface area (Å²) in [5.41, 5.74) is 2.25. The molecule has 0 aliphatic heterocycles. The SMILES string of the molecule is CCn1c(SCC(=O)Nc2ccc([N+](=O)[O-])cc2C)nc2sc3c(c2c1=O)CCCC3. The Kier molecular flexibility index (Phi) is 6.10. The van der Waals surface area contributed by atoms with Crippen molar-refractivity contribution < 1.29 is 9.72 Å². The van der Waals surface area contributed by atoms with E-state index >= 15 is 0 Å². The molecule has 1 aromatic carbocycles. The van der Waals surface area contributed by atoms with Gasteiger partial charge in [-0.25, -0.2) is 4.98 Å². The Bertz CT molecular complexity index is 1250. The number of thiophene rings is 1. The molecule has 1 aliphatic carbocycles. The molecular formula is C21H22N4O4S2. The van der Waals surface area contributed by atoms with Crippen LogP contribution in [0.1, 0.15) is 35.8 Å². The van der Waals surface area contributed by atoms with E-state index in [-0.39, 0.29) is 22.9 Å². The Labute approximate surface area is 186 Å². The van der Waals surface area contributed by atoms with Crippen LogP contribution in [0.25, 0.3) is 10.2 Å². The van der Waals surface area contributed by atoms with Crippen LogP contribution in [0.15, 0.2) is 28.2 Å². The molecule has 0 atom stereocenters. The zero-order chi connectivity index (χ0) is 22.1. The van der Waals surface area contributed by atoms with Crippen LogP contribution in [0, 0.1) is 17.0 Å². The van der Waals surface area contributed by atoms with Gasteiger partial charge in [-0.15, -0.1) is 11.3 Å². The van der Waals surface area contributed by atoms with Gasteiger partial charge in [-0.2, -0.15) is 0 Å². The molecule has 1 amide bonds. The minimum Gasteiger partial charge on any atom is -0.325 e. The summed E-state index contributed by atoms with van der Waals surface area (Å²) in [5, 5.41) is 14.9. The van der Waals surface area contributed by atoms with Gasteiger partial charge in [0.2, 0.25) is 5.91 Å². The molecular weight excluding hydrogens is 436 g/mol. The number of fused-ring (bicyclic) bond motifs is 3. The summed E-state index contributed by atoms with van der Waals surface area (Å²) in [5.74, 6) is -0.177. The Balaban J connectivity index is 1.54. The van der Waals surface area contributed by atoms with Gasteiger partial charge < -0.3 is 5.32 Å². The third kappa shape index (κ3) is 4.22. The van der Waals surface area contributed by atoms with Gasteiger partial charge in [-0.3, -0.25) is 24.3 Å². The Morgan fingerprint density at radius 2 is 2.13 bits per heavy atom. The van der Waals surface area contributed by atoms with Crippen LogP contribution >= 0.6 is 23.1 Å². The van der Waals surface area contributed by atoms with Gasteiger partial charge in [0.05, 0.1) is 16.1 Å². The number of hydrogen-bond acceptors (Lipinski definition) is 7. The summed E-state index contributed by atoms with van der Waals surface area (Å²) < 4.78 is 1.64. The summed E-state index contributed by atoms with van der Waals surface area (Å²) in [4.78, 5) is 42.8. The van der Waals surface area contributed by atoms with Crippen LogP contribution in [0.2, 0.25) is 0 Å². The quantitative estimate of drug-likeness (QED) is 0.255. The largest absolute Gasteiger partial charge is 0.325 e. The van der Waals surface area contributed by atoms with Crippen molar-refractivity contribution in [3.63, 3.8) is 0 Å². The van der Waals surface area contributed by atoms with Crippen molar-refractivity contribution in [2.45, 2.75) is 51.2 Å². The van der Waals surface area contributed by atoms with E-state index in [0.29, 0.717) is 23.0 Å². The fraction of sp³-hybridized carbons (Fsp3) is 0.381. The Morgan fingerprint density at radius 3 is 2.84 bits per heavy atom. The monoisotopic (exact) mass is 458 g/mol. The lowest BCUT2D eigenvalue weighted by atomic mass is 9.97. The van der Waals surface area contributed by atoms with Crippen molar-refractivity contribution >= 4 is 50.6 Å². The molecule has 1 aliphatic rings. The molecule has 0 saturated carbocycles. The second-order valence-electron chi connectivity index (χ2n) is 7.43. The predicted molar refractivity (Wildman–Crippen MR) is 123 cm³/mol. The Morgan fingerprint density at radius 1 is 1.35 bits per heavy atom. The van der Waals surface area contributed by atoms with Crippen LogP contribution in [0.3, 0.4) is 0 Å². The zero-order valence-electron chi connectivity index (χ0n) is 17.3. The highest BCUT2D eigenvalue weighted by atomic mass is 32.2. The van der Waals surface area contributed by atoms with E-state index in [2.05, 4.69) is 5.32 Å². The van der Waals surface area contributed by atoms with Crippen molar-refractivity contribution in [2.24, 2.45) is 0 Å². The summed E-state index contributed by atoms with van der Waals surface area (Å²) in [6.45, 7) is 4.09. The maximum absolute atomic E-state index is 13.1. The molecule has 0 bridgehead atoms. The van der Waals surface area contributed by atoms with E-state index in [1.807, 2.05) is 6.92 Å². The highest BCUT2D eigenvalue weighted by Gasteiger charge is 2.22. The number of rotatable bonds is 6. The Hall–Kier alpha value is -2.72. The molecule has 162 valence electrons. The first-order valence-electron chi connectivity index (χ1n) is 10.1. The molecule has 3 aromatic rings. The van der Waals surface area contributed by atoms with Crippen LogP contribution in [0.5, 0.6) is 0 Å².